The van der Waals surface area contributed by atoms with Gasteiger partial charge in [0.2, 0.25) is 5.91 Å². The van der Waals surface area contributed by atoms with Gasteiger partial charge in [-0.1, -0.05) is 31.5 Å². The zero-order valence-electron chi connectivity index (χ0n) is 16.9. The van der Waals surface area contributed by atoms with Gasteiger partial charge >= 0.3 is 0 Å². The number of carbonyl (C=O) groups is 1. The monoisotopic (exact) mass is 445 g/mol. The second-order valence-electron chi connectivity index (χ2n) is 7.14. The fraction of sp³-hybridized carbons (Fsp3) is 0.318. The number of halogens is 1. The van der Waals surface area contributed by atoms with Gasteiger partial charge in [0.15, 0.2) is 0 Å². The Kier molecular flexibility index (Phi) is 7.79. The Labute approximate surface area is 185 Å². The molecule has 0 radical (unpaired) electrons. The Balaban J connectivity index is 1.80. The number of aliphatic hydroxyl groups is 1. The first-order chi connectivity index (χ1) is 14.5. The summed E-state index contributed by atoms with van der Waals surface area (Å²) in [5.41, 5.74) is 2.40. The van der Waals surface area contributed by atoms with Crippen LogP contribution in [0.15, 0.2) is 48.1 Å². The highest BCUT2D eigenvalue weighted by atomic mass is 35.5. The van der Waals surface area contributed by atoms with Gasteiger partial charge in [-0.05, 0) is 29.8 Å². The van der Waals surface area contributed by atoms with Crippen LogP contribution in [0.1, 0.15) is 35.7 Å². The molecule has 0 fully saturated rings. The molecule has 0 bridgehead atoms. The number of aliphatic hydroxyl groups excluding tert-OH is 1. The van der Waals surface area contributed by atoms with Crippen LogP contribution in [0.3, 0.4) is 0 Å². The smallest absolute Gasteiger partial charge is 0.225 e. The van der Waals surface area contributed by atoms with Crippen molar-refractivity contribution in [3.05, 3.63) is 75.0 Å². The number of benzene rings is 1. The van der Waals surface area contributed by atoms with Crippen LogP contribution in [0.25, 0.3) is 0 Å². The number of hydrogen-bond acceptors (Lipinski definition) is 6. The van der Waals surface area contributed by atoms with Crippen LogP contribution in [0.5, 0.6) is 5.75 Å². The average molecular weight is 446 g/mol. The van der Waals surface area contributed by atoms with Crippen LogP contribution in [0.4, 0.5) is 0 Å². The summed E-state index contributed by atoms with van der Waals surface area (Å²) in [5.74, 6) is 0.544. The summed E-state index contributed by atoms with van der Waals surface area (Å²) in [6.45, 7) is 4.76. The molecule has 0 aliphatic carbocycles. The molecule has 0 aliphatic heterocycles. The molecule has 2 aromatic heterocycles. The Hall–Kier alpha value is -2.48. The zero-order valence-corrected chi connectivity index (χ0v) is 18.5. The molecule has 0 spiro atoms. The van der Waals surface area contributed by atoms with Crippen LogP contribution in [0, 0.1) is 5.92 Å². The van der Waals surface area contributed by atoms with Crippen molar-refractivity contribution in [2.24, 2.45) is 5.92 Å². The predicted molar refractivity (Wildman–Crippen MR) is 117 cm³/mol. The molecule has 1 N–H and O–H groups in total. The molecular formula is C22H24ClN3O3S. The second kappa shape index (κ2) is 10.5. The molecule has 1 amide bonds. The van der Waals surface area contributed by atoms with E-state index < -0.39 is 0 Å². The van der Waals surface area contributed by atoms with Crippen LogP contribution >= 0.6 is 22.9 Å². The minimum atomic E-state index is -0.141. The van der Waals surface area contributed by atoms with Crippen molar-refractivity contribution < 1.29 is 14.6 Å². The number of hydrogen-bond donors (Lipinski definition) is 1. The average Bonchev–Trinajstić information content (AvgIpc) is 3.21. The first-order valence-electron chi connectivity index (χ1n) is 9.59. The largest absolute Gasteiger partial charge is 0.486 e. The second-order valence-corrected chi connectivity index (χ2v) is 8.52. The van der Waals surface area contributed by atoms with Crippen LogP contribution in [-0.2, 0) is 31.1 Å². The Bertz CT molecular complexity index is 979. The molecule has 0 aliphatic rings. The van der Waals surface area contributed by atoms with Gasteiger partial charge in [-0.3, -0.25) is 9.78 Å². The van der Waals surface area contributed by atoms with Crippen molar-refractivity contribution >= 4 is 28.8 Å². The molecule has 1 aromatic carbocycles. The number of carbonyl (C=O) groups excluding carboxylic acids is 1. The summed E-state index contributed by atoms with van der Waals surface area (Å²) in [4.78, 5) is 23.1. The van der Waals surface area contributed by atoms with E-state index in [0.29, 0.717) is 29.6 Å². The Morgan fingerprint density at radius 1 is 1.30 bits per heavy atom. The van der Waals surface area contributed by atoms with E-state index in [9.17, 15) is 9.90 Å². The molecule has 158 valence electrons. The fourth-order valence-corrected chi connectivity index (χ4v) is 3.83. The van der Waals surface area contributed by atoms with E-state index in [4.69, 9.17) is 16.3 Å². The molecule has 2 heterocycles. The minimum Gasteiger partial charge on any atom is -0.486 e. The maximum absolute atomic E-state index is 12.9. The van der Waals surface area contributed by atoms with Crippen molar-refractivity contribution in [1.29, 1.82) is 0 Å². The first kappa shape index (κ1) is 22.2. The van der Waals surface area contributed by atoms with Crippen LogP contribution < -0.4 is 4.74 Å². The standard InChI is InChI=1S/C22H24ClN3O3S/c1-15(2)22(28)26(10-16-4-3-7-24-9-16)11-17-8-18(23)5-6-20(17)29-13-21-25-19(12-27)14-30-21/h3-9,14-15,27H,10-13H2,1-2H3. The van der Waals surface area contributed by atoms with Crippen LogP contribution in [-0.4, -0.2) is 25.9 Å². The van der Waals surface area contributed by atoms with Gasteiger partial charge in [-0.2, -0.15) is 0 Å². The summed E-state index contributed by atoms with van der Waals surface area (Å²) < 4.78 is 5.98. The third kappa shape index (κ3) is 6.01. The van der Waals surface area contributed by atoms with Gasteiger partial charge in [-0.25, -0.2) is 4.98 Å². The van der Waals surface area contributed by atoms with Gasteiger partial charge in [0.05, 0.1) is 12.3 Å². The lowest BCUT2D eigenvalue weighted by molar-refractivity contribution is -0.135. The van der Waals surface area contributed by atoms with E-state index in [0.717, 1.165) is 16.1 Å². The topological polar surface area (TPSA) is 75.6 Å². The lowest BCUT2D eigenvalue weighted by Crippen LogP contribution is -2.33. The quantitative estimate of drug-likeness (QED) is 0.526. The van der Waals surface area contributed by atoms with Gasteiger partial charge in [0, 0.05) is 47.4 Å². The Morgan fingerprint density at radius 3 is 2.80 bits per heavy atom. The van der Waals surface area contributed by atoms with Gasteiger partial charge < -0.3 is 14.7 Å². The highest BCUT2D eigenvalue weighted by Crippen LogP contribution is 2.27. The summed E-state index contributed by atoms with van der Waals surface area (Å²) in [7, 11) is 0. The fourth-order valence-electron chi connectivity index (χ4n) is 2.93. The van der Waals surface area contributed by atoms with Crippen molar-refractivity contribution in [2.75, 3.05) is 0 Å². The molecule has 8 heteroatoms. The maximum atomic E-state index is 12.9. The van der Waals surface area contributed by atoms with E-state index in [1.165, 1.54) is 11.3 Å². The lowest BCUT2D eigenvalue weighted by atomic mass is 10.1. The number of amides is 1. The van der Waals surface area contributed by atoms with Crippen molar-refractivity contribution in [3.8, 4) is 5.75 Å². The van der Waals surface area contributed by atoms with Crippen molar-refractivity contribution in [3.63, 3.8) is 0 Å². The minimum absolute atomic E-state index is 0.0392. The molecule has 0 saturated heterocycles. The summed E-state index contributed by atoms with van der Waals surface area (Å²) in [5, 5.41) is 12.3. The highest BCUT2D eigenvalue weighted by molar-refractivity contribution is 7.09. The third-order valence-electron chi connectivity index (χ3n) is 4.40. The SMILES string of the molecule is CC(C)C(=O)N(Cc1cccnc1)Cc1cc(Cl)ccc1OCc1nc(CO)cs1. The van der Waals surface area contributed by atoms with E-state index >= 15 is 0 Å². The first-order valence-corrected chi connectivity index (χ1v) is 10.8. The van der Waals surface area contributed by atoms with Gasteiger partial charge in [0.25, 0.3) is 0 Å². The van der Waals surface area contributed by atoms with E-state index in [-0.39, 0.29) is 25.0 Å². The molecule has 0 unspecified atom stereocenters. The summed E-state index contributed by atoms with van der Waals surface area (Å²) in [6.07, 6.45) is 3.47. The molecule has 0 atom stereocenters. The molecule has 30 heavy (non-hydrogen) atoms. The Morgan fingerprint density at radius 2 is 2.13 bits per heavy atom. The van der Waals surface area contributed by atoms with Crippen molar-refractivity contribution in [2.45, 2.75) is 40.2 Å². The van der Waals surface area contributed by atoms with Crippen molar-refractivity contribution in [1.82, 2.24) is 14.9 Å². The molecule has 6 nitrogen and oxygen atoms in total. The molecule has 3 aromatic rings. The number of nitrogens with zero attached hydrogens (tertiary/aromatic N) is 3. The number of ether oxygens (including phenoxy) is 1. The van der Waals surface area contributed by atoms with Crippen LogP contribution in [0.2, 0.25) is 5.02 Å². The van der Waals surface area contributed by atoms with E-state index in [1.807, 2.05) is 32.0 Å². The number of pyridine rings is 1. The summed E-state index contributed by atoms with van der Waals surface area (Å²) >= 11 is 7.67. The number of rotatable bonds is 9. The third-order valence-corrected chi connectivity index (χ3v) is 5.50. The number of thiazole rings is 1. The van der Waals surface area contributed by atoms with Gasteiger partial charge in [-0.15, -0.1) is 11.3 Å². The lowest BCUT2D eigenvalue weighted by Gasteiger charge is -2.26. The zero-order chi connectivity index (χ0) is 21.5. The maximum Gasteiger partial charge on any atom is 0.225 e. The van der Waals surface area contributed by atoms with Gasteiger partial charge in [0.1, 0.15) is 17.4 Å². The number of aromatic nitrogens is 2. The molecule has 3 rings (SSSR count). The molecular weight excluding hydrogens is 422 g/mol. The summed E-state index contributed by atoms with van der Waals surface area (Å²) in [6, 6.07) is 9.19. The van der Waals surface area contributed by atoms with E-state index in [2.05, 4.69) is 9.97 Å². The predicted octanol–water partition coefficient (Wildman–Crippen LogP) is 4.45. The molecule has 0 saturated carbocycles. The van der Waals surface area contributed by atoms with E-state index in [1.54, 1.807) is 34.8 Å². The highest BCUT2D eigenvalue weighted by Gasteiger charge is 2.20. The normalized spacial score (nSPS) is 11.0.